The fourth-order valence-corrected chi connectivity index (χ4v) is 3.17. The van der Waals surface area contributed by atoms with E-state index in [1.165, 1.54) is 12.1 Å². The Morgan fingerprint density at radius 3 is 2.00 bits per heavy atom. The van der Waals surface area contributed by atoms with E-state index in [9.17, 15) is 14.9 Å². The van der Waals surface area contributed by atoms with E-state index in [4.69, 9.17) is 25.8 Å². The van der Waals surface area contributed by atoms with Gasteiger partial charge in [0.15, 0.2) is 6.61 Å². The van der Waals surface area contributed by atoms with Crippen LogP contribution in [0.4, 0.5) is 11.4 Å². The molecule has 178 valence electrons. The highest BCUT2D eigenvalue weighted by Gasteiger charge is 2.12. The van der Waals surface area contributed by atoms with Gasteiger partial charge >= 0.3 is 0 Å². The van der Waals surface area contributed by atoms with Crippen LogP contribution in [0.1, 0.15) is 5.56 Å². The molecule has 0 saturated carbocycles. The number of ether oxygens (including phenoxy) is 3. The first-order valence-electron chi connectivity index (χ1n) is 10.4. The number of carbonyl (C=O) groups excluding carboxylic acids is 2. The summed E-state index contributed by atoms with van der Waals surface area (Å²) >= 11 is 6.28. The van der Waals surface area contributed by atoms with Crippen LogP contribution >= 0.6 is 11.6 Å². The lowest BCUT2D eigenvalue weighted by Crippen LogP contribution is -2.20. The fraction of sp³-hybridized carbons (Fsp3) is 0.115. The number of nitriles is 1. The second kappa shape index (κ2) is 12.1. The number of nitrogens with zero attached hydrogens (tertiary/aromatic N) is 1. The lowest BCUT2D eigenvalue weighted by molar-refractivity contribution is -0.118. The zero-order valence-corrected chi connectivity index (χ0v) is 19.8. The van der Waals surface area contributed by atoms with Crippen molar-refractivity contribution in [1.29, 1.82) is 5.26 Å². The van der Waals surface area contributed by atoms with E-state index in [-0.39, 0.29) is 28.9 Å². The van der Waals surface area contributed by atoms with Gasteiger partial charge in [-0.2, -0.15) is 5.26 Å². The lowest BCUT2D eigenvalue weighted by Gasteiger charge is -2.10. The molecule has 0 aliphatic carbocycles. The minimum absolute atomic E-state index is 0.107. The summed E-state index contributed by atoms with van der Waals surface area (Å²) in [4.78, 5) is 24.6. The van der Waals surface area contributed by atoms with Crippen molar-refractivity contribution in [3.05, 3.63) is 82.9 Å². The molecule has 3 aromatic rings. The predicted octanol–water partition coefficient (Wildman–Crippen LogP) is 4.92. The molecule has 3 rings (SSSR count). The van der Waals surface area contributed by atoms with Gasteiger partial charge in [-0.1, -0.05) is 17.7 Å². The number of nitrogens with one attached hydrogen (secondary N) is 2. The zero-order chi connectivity index (χ0) is 25.2. The molecule has 8 nitrogen and oxygen atoms in total. The van der Waals surface area contributed by atoms with Crippen LogP contribution in [-0.2, 0) is 9.59 Å². The maximum Gasteiger partial charge on any atom is 0.266 e. The van der Waals surface area contributed by atoms with Gasteiger partial charge in [0.1, 0.15) is 28.9 Å². The average Bonchev–Trinajstić information content (AvgIpc) is 2.87. The topological polar surface area (TPSA) is 110 Å². The van der Waals surface area contributed by atoms with E-state index in [0.717, 1.165) is 0 Å². The van der Waals surface area contributed by atoms with Crippen molar-refractivity contribution in [3.8, 4) is 23.3 Å². The molecule has 0 aliphatic rings. The monoisotopic (exact) mass is 491 g/mol. The maximum atomic E-state index is 12.5. The molecule has 0 bridgehead atoms. The molecule has 0 radical (unpaired) electrons. The number of anilines is 2. The average molecular weight is 492 g/mol. The number of benzene rings is 3. The van der Waals surface area contributed by atoms with Gasteiger partial charge in [0.05, 0.1) is 19.2 Å². The van der Waals surface area contributed by atoms with Gasteiger partial charge in [0.2, 0.25) is 0 Å². The van der Waals surface area contributed by atoms with Gasteiger partial charge < -0.3 is 24.8 Å². The third-order valence-corrected chi connectivity index (χ3v) is 5.01. The third-order valence-electron chi connectivity index (χ3n) is 4.71. The Labute approximate surface area is 207 Å². The minimum atomic E-state index is -0.565. The first-order chi connectivity index (χ1) is 16.9. The Kier molecular flexibility index (Phi) is 8.70. The summed E-state index contributed by atoms with van der Waals surface area (Å²) in [6.07, 6.45) is 1.41. The Morgan fingerprint density at radius 2 is 1.49 bits per heavy atom. The highest BCUT2D eigenvalue weighted by molar-refractivity contribution is 6.32. The summed E-state index contributed by atoms with van der Waals surface area (Å²) in [6.45, 7) is -0.255. The number of halogens is 1. The van der Waals surface area contributed by atoms with E-state index in [1.54, 1.807) is 74.9 Å². The first kappa shape index (κ1) is 25.1. The summed E-state index contributed by atoms with van der Waals surface area (Å²) in [5.41, 5.74) is 1.53. The standard InChI is InChI=1S/C26H22ClN3O5/c1-33-21-8-4-19(5-9-21)29-25(31)16-35-24-12-3-17(14-23(24)27)13-18(15-28)26(32)30-20-6-10-22(34-2)11-7-20/h3-14H,16H2,1-2H3,(H,29,31)(H,30,32)/b18-13-. The largest absolute Gasteiger partial charge is 0.497 e. The Bertz CT molecular complexity index is 1270. The van der Waals surface area contributed by atoms with Gasteiger partial charge in [-0.3, -0.25) is 9.59 Å². The van der Waals surface area contributed by atoms with Crippen molar-refractivity contribution in [1.82, 2.24) is 0 Å². The Hall–Kier alpha value is -4.48. The molecule has 0 unspecified atom stereocenters. The molecule has 2 N–H and O–H groups in total. The van der Waals surface area contributed by atoms with E-state index < -0.39 is 5.91 Å². The molecule has 0 fully saturated rings. The highest BCUT2D eigenvalue weighted by Crippen LogP contribution is 2.27. The third kappa shape index (κ3) is 7.25. The normalized spacial score (nSPS) is 10.6. The van der Waals surface area contributed by atoms with Crippen molar-refractivity contribution in [2.75, 3.05) is 31.5 Å². The molecule has 0 aliphatic heterocycles. The van der Waals surface area contributed by atoms with Crippen LogP contribution in [0, 0.1) is 11.3 Å². The summed E-state index contributed by atoms with van der Waals surface area (Å²) in [7, 11) is 3.10. The van der Waals surface area contributed by atoms with Crippen molar-refractivity contribution in [3.63, 3.8) is 0 Å². The Balaban J connectivity index is 1.60. The molecular formula is C26H22ClN3O5. The first-order valence-corrected chi connectivity index (χ1v) is 10.7. The lowest BCUT2D eigenvalue weighted by atomic mass is 10.1. The van der Waals surface area contributed by atoms with Crippen LogP contribution in [0.25, 0.3) is 6.08 Å². The second-order valence-electron chi connectivity index (χ2n) is 7.11. The smallest absolute Gasteiger partial charge is 0.266 e. The molecule has 9 heteroatoms. The summed E-state index contributed by atoms with van der Waals surface area (Å²) in [5.74, 6) is 0.684. The number of hydrogen-bond acceptors (Lipinski definition) is 6. The van der Waals surface area contributed by atoms with Crippen molar-refractivity contribution in [2.24, 2.45) is 0 Å². The van der Waals surface area contributed by atoms with Crippen LogP contribution in [-0.4, -0.2) is 32.6 Å². The quantitative estimate of drug-likeness (QED) is 0.325. The van der Waals surface area contributed by atoms with E-state index in [2.05, 4.69) is 10.6 Å². The van der Waals surface area contributed by atoms with Gasteiger partial charge in [-0.25, -0.2) is 0 Å². The van der Waals surface area contributed by atoms with Gasteiger partial charge in [0.25, 0.3) is 11.8 Å². The number of amides is 2. The molecular weight excluding hydrogens is 470 g/mol. The maximum absolute atomic E-state index is 12.5. The van der Waals surface area contributed by atoms with E-state index in [1.807, 2.05) is 6.07 Å². The van der Waals surface area contributed by atoms with E-state index >= 15 is 0 Å². The van der Waals surface area contributed by atoms with Crippen LogP contribution in [0.3, 0.4) is 0 Å². The van der Waals surface area contributed by atoms with Crippen molar-refractivity contribution in [2.45, 2.75) is 0 Å². The second-order valence-corrected chi connectivity index (χ2v) is 7.51. The Morgan fingerprint density at radius 1 is 0.914 bits per heavy atom. The van der Waals surface area contributed by atoms with Crippen molar-refractivity contribution < 1.29 is 23.8 Å². The van der Waals surface area contributed by atoms with Crippen LogP contribution in [0.15, 0.2) is 72.3 Å². The number of carbonyl (C=O) groups is 2. The number of hydrogen-bond donors (Lipinski definition) is 2. The van der Waals surface area contributed by atoms with Crippen molar-refractivity contribution >= 4 is 40.9 Å². The summed E-state index contributed by atoms with van der Waals surface area (Å²) in [6, 6.07) is 20.2. The molecule has 0 atom stereocenters. The van der Waals surface area contributed by atoms with Gasteiger partial charge in [-0.05, 0) is 72.3 Å². The van der Waals surface area contributed by atoms with Gasteiger partial charge in [-0.15, -0.1) is 0 Å². The predicted molar refractivity (Wildman–Crippen MR) is 134 cm³/mol. The molecule has 0 saturated heterocycles. The molecule has 2 amide bonds. The number of methoxy groups -OCH3 is 2. The van der Waals surface area contributed by atoms with Gasteiger partial charge in [0, 0.05) is 11.4 Å². The summed E-state index contributed by atoms with van der Waals surface area (Å²) in [5, 5.41) is 15.0. The van der Waals surface area contributed by atoms with Crippen LogP contribution in [0.5, 0.6) is 17.2 Å². The fourth-order valence-electron chi connectivity index (χ4n) is 2.93. The van der Waals surface area contributed by atoms with Crippen LogP contribution < -0.4 is 24.8 Å². The number of rotatable bonds is 9. The minimum Gasteiger partial charge on any atom is -0.497 e. The molecule has 0 heterocycles. The zero-order valence-electron chi connectivity index (χ0n) is 19.0. The summed E-state index contributed by atoms with van der Waals surface area (Å²) < 4.78 is 15.7. The SMILES string of the molecule is COc1ccc(NC(=O)COc2ccc(/C=C(/C#N)C(=O)Nc3ccc(OC)cc3)cc2Cl)cc1. The van der Waals surface area contributed by atoms with E-state index in [0.29, 0.717) is 28.4 Å². The molecule has 0 aromatic heterocycles. The molecule has 3 aromatic carbocycles. The molecule has 0 spiro atoms. The van der Waals surface area contributed by atoms with Crippen LogP contribution in [0.2, 0.25) is 5.02 Å². The highest BCUT2D eigenvalue weighted by atomic mass is 35.5. The molecule has 35 heavy (non-hydrogen) atoms.